The Balaban J connectivity index is 1.48. The van der Waals surface area contributed by atoms with Crippen LogP contribution in [0.3, 0.4) is 0 Å². The quantitative estimate of drug-likeness (QED) is 0.153. The number of nitrogens with zero attached hydrogens (tertiary/aromatic N) is 3. The van der Waals surface area contributed by atoms with E-state index in [2.05, 4.69) is 5.32 Å². The summed E-state index contributed by atoms with van der Waals surface area (Å²) < 4.78 is 0. The lowest BCUT2D eigenvalue weighted by Crippen LogP contribution is -2.60. The first-order chi connectivity index (χ1) is 26.4. The Kier molecular flexibility index (Phi) is 13.5. The van der Waals surface area contributed by atoms with Crippen molar-refractivity contribution in [3.8, 4) is 0 Å². The third-order valence-electron chi connectivity index (χ3n) is 10.1. The molecule has 0 aromatic heterocycles. The Morgan fingerprint density at radius 3 is 1.35 bits per heavy atom. The van der Waals surface area contributed by atoms with Crippen molar-refractivity contribution < 1.29 is 24.0 Å². The molecular formula is C45H49N5O5. The molecule has 55 heavy (non-hydrogen) atoms. The van der Waals surface area contributed by atoms with Gasteiger partial charge in [-0.3, -0.25) is 24.0 Å². The second-order valence-corrected chi connectivity index (χ2v) is 14.0. The number of primary amides is 1. The molecule has 0 radical (unpaired) electrons. The number of amides is 5. The molecule has 0 aliphatic carbocycles. The zero-order valence-electron chi connectivity index (χ0n) is 31.8. The number of hydrogen-bond acceptors (Lipinski definition) is 5. The second-order valence-electron chi connectivity index (χ2n) is 14.0. The van der Waals surface area contributed by atoms with Crippen molar-refractivity contribution in [2.45, 2.75) is 56.8 Å². The predicted molar refractivity (Wildman–Crippen MR) is 215 cm³/mol. The highest BCUT2D eigenvalue weighted by Gasteiger charge is 2.39. The molecule has 5 aromatic rings. The Bertz CT molecular complexity index is 2090. The van der Waals surface area contributed by atoms with Crippen LogP contribution in [0.1, 0.15) is 29.2 Å². The lowest BCUT2D eigenvalue weighted by molar-refractivity contribution is -0.152. The number of nitrogens with one attached hydrogen (secondary N) is 1. The van der Waals surface area contributed by atoms with Crippen molar-refractivity contribution in [2.75, 3.05) is 21.1 Å². The average Bonchev–Trinajstić information content (AvgIpc) is 3.20. The number of benzene rings is 5. The molecule has 0 fully saturated rings. The van der Waals surface area contributed by atoms with E-state index in [1.807, 2.05) is 133 Å². The minimum absolute atomic E-state index is 0.148. The third-order valence-corrected chi connectivity index (χ3v) is 10.1. The molecule has 10 heteroatoms. The van der Waals surface area contributed by atoms with Gasteiger partial charge < -0.3 is 25.8 Å². The summed E-state index contributed by atoms with van der Waals surface area (Å²) in [6.07, 6.45) is 0.694. The maximum atomic E-state index is 14.9. The van der Waals surface area contributed by atoms with E-state index in [1.54, 1.807) is 14.1 Å². The highest BCUT2D eigenvalue weighted by molar-refractivity contribution is 5.95. The molecule has 284 valence electrons. The first kappa shape index (κ1) is 39.9. The number of nitrogens with two attached hydrogens (primary N) is 1. The van der Waals surface area contributed by atoms with Crippen LogP contribution in [-0.2, 0) is 49.7 Å². The molecule has 0 saturated heterocycles. The van der Waals surface area contributed by atoms with Crippen molar-refractivity contribution in [3.05, 3.63) is 156 Å². The maximum absolute atomic E-state index is 14.9. The summed E-state index contributed by atoms with van der Waals surface area (Å²) in [5.74, 6) is -2.46. The van der Waals surface area contributed by atoms with Gasteiger partial charge in [0.2, 0.25) is 29.5 Å². The number of carbonyl (C=O) groups excluding carboxylic acids is 5. The van der Waals surface area contributed by atoms with E-state index in [0.717, 1.165) is 33.0 Å². The molecule has 0 spiro atoms. The van der Waals surface area contributed by atoms with E-state index in [4.69, 9.17) is 5.73 Å². The number of hydrogen-bond donors (Lipinski definition) is 2. The maximum Gasteiger partial charge on any atom is 0.246 e. The Labute approximate surface area is 322 Å². The summed E-state index contributed by atoms with van der Waals surface area (Å²) in [5, 5.41) is 4.87. The number of likely N-dealkylation sites (N-methyl/N-ethyl adjacent to an activating group) is 3. The van der Waals surface area contributed by atoms with Crippen molar-refractivity contribution in [1.29, 1.82) is 0 Å². The van der Waals surface area contributed by atoms with E-state index in [1.165, 1.54) is 28.7 Å². The molecule has 3 N–H and O–H groups in total. The summed E-state index contributed by atoms with van der Waals surface area (Å²) in [7, 11) is 4.63. The molecule has 0 heterocycles. The van der Waals surface area contributed by atoms with Gasteiger partial charge in [0.05, 0.1) is 0 Å². The lowest BCUT2D eigenvalue weighted by Gasteiger charge is -2.38. The minimum atomic E-state index is -1.06. The number of carbonyl (C=O) groups is 5. The Morgan fingerprint density at radius 2 is 0.891 bits per heavy atom. The van der Waals surface area contributed by atoms with Gasteiger partial charge in [-0.15, -0.1) is 0 Å². The first-order valence-corrected chi connectivity index (χ1v) is 18.4. The van der Waals surface area contributed by atoms with Crippen molar-refractivity contribution in [3.63, 3.8) is 0 Å². The molecule has 4 atom stereocenters. The van der Waals surface area contributed by atoms with E-state index < -0.39 is 47.8 Å². The van der Waals surface area contributed by atoms with Crippen LogP contribution in [0.5, 0.6) is 0 Å². The van der Waals surface area contributed by atoms with Crippen molar-refractivity contribution in [2.24, 2.45) is 5.73 Å². The highest BCUT2D eigenvalue weighted by atomic mass is 16.2. The van der Waals surface area contributed by atoms with Crippen LogP contribution in [0.15, 0.2) is 133 Å². The topological polar surface area (TPSA) is 133 Å². The molecule has 0 saturated carbocycles. The summed E-state index contributed by atoms with van der Waals surface area (Å²) >= 11 is 0. The first-order valence-electron chi connectivity index (χ1n) is 18.4. The fraction of sp³-hybridized carbons (Fsp3) is 0.267. The van der Waals surface area contributed by atoms with E-state index in [9.17, 15) is 24.0 Å². The van der Waals surface area contributed by atoms with Gasteiger partial charge in [-0.05, 0) is 33.0 Å². The number of fused-ring (bicyclic) bond motifs is 1. The summed E-state index contributed by atoms with van der Waals surface area (Å²) in [6.45, 7) is 1.36. The van der Waals surface area contributed by atoms with Gasteiger partial charge in [-0.1, -0.05) is 133 Å². The summed E-state index contributed by atoms with van der Waals surface area (Å²) in [5.41, 5.74) is 9.16. The van der Waals surface area contributed by atoms with Gasteiger partial charge in [-0.25, -0.2) is 0 Å². The van der Waals surface area contributed by atoms with Gasteiger partial charge in [0.1, 0.15) is 24.2 Å². The number of rotatable bonds is 16. The van der Waals surface area contributed by atoms with Crippen molar-refractivity contribution in [1.82, 2.24) is 20.0 Å². The van der Waals surface area contributed by atoms with E-state index in [0.29, 0.717) is 0 Å². The minimum Gasteiger partial charge on any atom is -0.368 e. The summed E-state index contributed by atoms with van der Waals surface area (Å²) in [6, 6.07) is 37.7. The van der Waals surface area contributed by atoms with Crippen molar-refractivity contribution >= 4 is 40.3 Å². The molecule has 10 nitrogen and oxygen atoms in total. The molecular weight excluding hydrogens is 691 g/mol. The Hall–Kier alpha value is -6.29. The highest BCUT2D eigenvalue weighted by Crippen LogP contribution is 2.21. The van der Waals surface area contributed by atoms with Crippen LogP contribution in [0.4, 0.5) is 0 Å². The fourth-order valence-corrected chi connectivity index (χ4v) is 6.94. The average molecular weight is 740 g/mol. The predicted octanol–water partition coefficient (Wildman–Crippen LogP) is 4.58. The SMILES string of the molecule is CC(=O)N[C@@H](Cc1ccc2ccccc2c1)C(=O)N(C)[C@@H](Cc1ccccc1)C(=O)N(C)[C@@H](Cc1ccccc1)C(=O)N(C)[C@@H](Cc1ccccc1)C(N)=O. The normalized spacial score (nSPS) is 13.2. The van der Waals surface area contributed by atoms with E-state index >= 15 is 0 Å². The monoisotopic (exact) mass is 739 g/mol. The smallest absolute Gasteiger partial charge is 0.246 e. The Morgan fingerprint density at radius 1 is 0.491 bits per heavy atom. The fourth-order valence-electron chi connectivity index (χ4n) is 6.94. The second kappa shape index (κ2) is 18.6. The largest absolute Gasteiger partial charge is 0.368 e. The van der Waals surface area contributed by atoms with Crippen LogP contribution in [0, 0.1) is 0 Å². The van der Waals surface area contributed by atoms with Crippen LogP contribution in [0.2, 0.25) is 0 Å². The van der Waals surface area contributed by atoms with Crippen LogP contribution >= 0.6 is 0 Å². The van der Waals surface area contributed by atoms with Gasteiger partial charge in [-0.2, -0.15) is 0 Å². The van der Waals surface area contributed by atoms with Crippen LogP contribution < -0.4 is 11.1 Å². The molecule has 0 unspecified atom stereocenters. The van der Waals surface area contributed by atoms with Gasteiger partial charge >= 0.3 is 0 Å². The molecule has 5 aromatic carbocycles. The van der Waals surface area contributed by atoms with Gasteiger partial charge in [0, 0.05) is 53.8 Å². The van der Waals surface area contributed by atoms with E-state index in [-0.39, 0.29) is 31.6 Å². The molecule has 5 rings (SSSR count). The molecule has 0 aliphatic rings. The third kappa shape index (κ3) is 10.4. The zero-order valence-corrected chi connectivity index (χ0v) is 31.8. The van der Waals surface area contributed by atoms with Crippen LogP contribution in [0.25, 0.3) is 10.8 Å². The summed E-state index contributed by atoms with van der Waals surface area (Å²) in [4.78, 5) is 73.2. The lowest BCUT2D eigenvalue weighted by atomic mass is 9.97. The standard InChI is InChI=1S/C45H49N5O5/c1-31(51)47-38(27-35-24-25-36-22-14-15-23-37(36)26-35)43(53)49(3)40(29-33-18-10-6-11-19-33)45(55)50(4)41(30-34-20-12-7-13-21-34)44(54)48(2)39(42(46)52)28-32-16-8-5-9-17-32/h5-26,38-41H,27-30H2,1-4H3,(H2,46,52)(H,47,51)/t38-,39-,40-,41-/m0/s1. The molecule has 5 amide bonds. The van der Waals surface area contributed by atoms with Gasteiger partial charge in [0.25, 0.3) is 0 Å². The zero-order chi connectivity index (χ0) is 39.5. The van der Waals surface area contributed by atoms with Gasteiger partial charge in [0.15, 0.2) is 0 Å². The molecule has 0 aliphatic heterocycles. The van der Waals surface area contributed by atoms with Crippen LogP contribution in [-0.4, -0.2) is 89.5 Å². The molecule has 0 bridgehead atoms.